The van der Waals surface area contributed by atoms with E-state index >= 15 is 0 Å². The molecule has 0 radical (unpaired) electrons. The molecule has 0 unspecified atom stereocenters. The van der Waals surface area contributed by atoms with Gasteiger partial charge in [0, 0.05) is 41.0 Å². The number of fused-ring (bicyclic) bond motifs is 1. The fourth-order valence-electron chi connectivity index (χ4n) is 2.66. The molecule has 0 aliphatic carbocycles. The number of H-pyrrole nitrogens is 1. The van der Waals surface area contributed by atoms with Gasteiger partial charge in [-0.1, -0.05) is 0 Å². The smallest absolute Gasteiger partial charge is 0.255 e. The number of nitrogens with one attached hydrogen (secondary N) is 2. The molecule has 2 N–H and O–H groups in total. The molecule has 3 rings (SSSR count). The van der Waals surface area contributed by atoms with Crippen LogP contribution in [0.4, 0.5) is 5.69 Å². The van der Waals surface area contributed by atoms with Crippen molar-refractivity contribution in [1.29, 1.82) is 0 Å². The summed E-state index contributed by atoms with van der Waals surface area (Å²) in [4.78, 5) is 27.3. The molecule has 0 atom stereocenters. The number of aryl methyl sites for hydroxylation is 3. The molecule has 0 aliphatic rings. The zero-order chi connectivity index (χ0) is 16.6. The quantitative estimate of drug-likeness (QED) is 0.780. The summed E-state index contributed by atoms with van der Waals surface area (Å²) in [5.74, 6) is -0.188. The number of hydrogen-bond acceptors (Lipinski definition) is 2. The summed E-state index contributed by atoms with van der Waals surface area (Å²) in [5, 5.41) is 3.89. The van der Waals surface area contributed by atoms with Crippen molar-refractivity contribution in [1.82, 2.24) is 9.55 Å². The minimum atomic E-state index is -0.188. The van der Waals surface area contributed by atoms with Gasteiger partial charge in [-0.3, -0.25) is 9.59 Å². The molecule has 0 bridgehead atoms. The van der Waals surface area contributed by atoms with Crippen molar-refractivity contribution >= 4 is 22.5 Å². The summed E-state index contributed by atoms with van der Waals surface area (Å²) in [7, 11) is 0. The Kier molecular flexibility index (Phi) is 3.78. The molecule has 0 saturated carbocycles. The second-order valence-corrected chi connectivity index (χ2v) is 5.63. The number of aromatic amines is 1. The zero-order valence-corrected chi connectivity index (χ0v) is 13.4. The van der Waals surface area contributed by atoms with E-state index in [1.54, 1.807) is 22.9 Å². The van der Waals surface area contributed by atoms with Gasteiger partial charge in [0.1, 0.15) is 0 Å². The van der Waals surface area contributed by atoms with Crippen LogP contribution in [-0.4, -0.2) is 15.5 Å². The number of pyridine rings is 1. The van der Waals surface area contributed by atoms with E-state index < -0.39 is 0 Å². The fraction of sp³-hybridized carbons (Fsp3) is 0.222. The van der Waals surface area contributed by atoms with Gasteiger partial charge in [-0.25, -0.2) is 0 Å². The Balaban J connectivity index is 1.91. The third-order valence-corrected chi connectivity index (χ3v) is 4.15. The third kappa shape index (κ3) is 2.77. The lowest BCUT2D eigenvalue weighted by Gasteiger charge is -2.08. The van der Waals surface area contributed by atoms with E-state index in [2.05, 4.69) is 10.3 Å². The predicted molar refractivity (Wildman–Crippen MR) is 92.1 cm³/mol. The molecular formula is C18H19N3O2. The molecule has 3 aromatic rings. The van der Waals surface area contributed by atoms with Crippen LogP contribution in [0.2, 0.25) is 0 Å². The number of benzene rings is 1. The van der Waals surface area contributed by atoms with Crippen LogP contribution in [0.3, 0.4) is 0 Å². The number of aromatic nitrogens is 2. The van der Waals surface area contributed by atoms with Gasteiger partial charge in [-0.2, -0.15) is 0 Å². The maximum absolute atomic E-state index is 12.5. The molecule has 5 nitrogen and oxygen atoms in total. The highest BCUT2D eigenvalue weighted by Crippen LogP contribution is 2.22. The van der Waals surface area contributed by atoms with Crippen LogP contribution < -0.4 is 10.9 Å². The molecule has 1 amide bonds. The molecule has 118 valence electrons. The first-order chi connectivity index (χ1) is 11.0. The lowest BCUT2D eigenvalue weighted by Crippen LogP contribution is -2.19. The largest absolute Gasteiger partial charge is 0.358 e. The number of carbonyl (C=O) groups is 1. The normalized spacial score (nSPS) is 10.9. The second kappa shape index (κ2) is 5.76. The van der Waals surface area contributed by atoms with Crippen LogP contribution >= 0.6 is 0 Å². The number of anilines is 1. The Bertz CT molecular complexity index is 951. The van der Waals surface area contributed by atoms with Crippen LogP contribution in [0.25, 0.3) is 10.9 Å². The Labute approximate surface area is 134 Å². The van der Waals surface area contributed by atoms with Crippen molar-refractivity contribution < 1.29 is 4.79 Å². The average Bonchev–Trinajstić information content (AvgIpc) is 2.83. The monoisotopic (exact) mass is 309 g/mol. The van der Waals surface area contributed by atoms with Crippen LogP contribution in [0.15, 0.2) is 41.3 Å². The molecule has 23 heavy (non-hydrogen) atoms. The molecule has 0 aliphatic heterocycles. The number of rotatable bonds is 3. The van der Waals surface area contributed by atoms with E-state index in [1.165, 1.54) is 6.07 Å². The first-order valence-electron chi connectivity index (χ1n) is 7.60. The van der Waals surface area contributed by atoms with Crippen molar-refractivity contribution in [2.45, 2.75) is 27.3 Å². The van der Waals surface area contributed by atoms with Crippen LogP contribution in [0, 0.1) is 13.8 Å². The van der Waals surface area contributed by atoms with E-state index in [0.717, 1.165) is 22.2 Å². The maximum atomic E-state index is 12.5. The van der Waals surface area contributed by atoms with Gasteiger partial charge in [0.05, 0.1) is 5.69 Å². The molecule has 2 heterocycles. The standard InChI is InChI=1S/C18H19N3O2/c1-4-21-10-14(6-8-17(21)22)20-18(23)13-5-7-16-15(9-13)11(2)12(3)19-16/h5-10,19H,4H2,1-3H3,(H,20,23). The summed E-state index contributed by atoms with van der Waals surface area (Å²) in [5.41, 5.74) is 4.40. The van der Waals surface area contributed by atoms with Crippen molar-refractivity contribution in [2.75, 3.05) is 5.32 Å². The van der Waals surface area contributed by atoms with Crippen molar-refractivity contribution in [2.24, 2.45) is 0 Å². The van der Waals surface area contributed by atoms with Gasteiger partial charge >= 0.3 is 0 Å². The summed E-state index contributed by atoms with van der Waals surface area (Å²) in [6.45, 7) is 6.50. The highest BCUT2D eigenvalue weighted by Gasteiger charge is 2.10. The molecule has 0 spiro atoms. The van der Waals surface area contributed by atoms with Crippen molar-refractivity contribution in [3.05, 3.63) is 63.7 Å². The molecule has 2 aromatic heterocycles. The first-order valence-corrected chi connectivity index (χ1v) is 7.60. The van der Waals surface area contributed by atoms with Crippen LogP contribution in [-0.2, 0) is 6.54 Å². The summed E-state index contributed by atoms with van der Waals surface area (Å²) < 4.78 is 1.55. The van der Waals surface area contributed by atoms with Crippen molar-refractivity contribution in [3.8, 4) is 0 Å². The predicted octanol–water partition coefficient (Wildman–Crippen LogP) is 3.22. The number of nitrogens with zero attached hydrogens (tertiary/aromatic N) is 1. The topological polar surface area (TPSA) is 66.9 Å². The fourth-order valence-corrected chi connectivity index (χ4v) is 2.66. The SMILES string of the molecule is CCn1cc(NC(=O)c2ccc3[nH]c(C)c(C)c3c2)ccc1=O. The third-order valence-electron chi connectivity index (χ3n) is 4.15. The van der Waals surface area contributed by atoms with Crippen molar-refractivity contribution in [3.63, 3.8) is 0 Å². The van der Waals surface area contributed by atoms with Gasteiger partial charge < -0.3 is 14.9 Å². The number of carbonyl (C=O) groups excluding carboxylic acids is 1. The minimum absolute atomic E-state index is 0.0784. The van der Waals surface area contributed by atoms with E-state index in [0.29, 0.717) is 17.8 Å². The number of hydrogen-bond donors (Lipinski definition) is 2. The van der Waals surface area contributed by atoms with Gasteiger partial charge in [0.15, 0.2) is 0 Å². The van der Waals surface area contributed by atoms with E-state index in [4.69, 9.17) is 0 Å². The minimum Gasteiger partial charge on any atom is -0.358 e. The molecular weight excluding hydrogens is 290 g/mol. The van der Waals surface area contributed by atoms with Gasteiger partial charge in [0.25, 0.3) is 11.5 Å². The Morgan fingerprint density at radius 3 is 2.74 bits per heavy atom. The second-order valence-electron chi connectivity index (χ2n) is 5.63. The van der Waals surface area contributed by atoms with E-state index in [1.807, 2.05) is 32.9 Å². The molecule has 5 heteroatoms. The highest BCUT2D eigenvalue weighted by molar-refractivity contribution is 6.06. The number of amides is 1. The van der Waals surface area contributed by atoms with Gasteiger partial charge in [-0.15, -0.1) is 0 Å². The maximum Gasteiger partial charge on any atom is 0.255 e. The van der Waals surface area contributed by atoms with Crippen LogP contribution in [0.1, 0.15) is 28.5 Å². The Hall–Kier alpha value is -2.82. The van der Waals surface area contributed by atoms with Crippen LogP contribution in [0.5, 0.6) is 0 Å². The molecule has 0 fully saturated rings. The van der Waals surface area contributed by atoms with E-state index in [9.17, 15) is 9.59 Å². The lowest BCUT2D eigenvalue weighted by molar-refractivity contribution is 0.102. The zero-order valence-electron chi connectivity index (χ0n) is 13.4. The first kappa shape index (κ1) is 15.1. The summed E-state index contributed by atoms with van der Waals surface area (Å²) in [6.07, 6.45) is 1.66. The summed E-state index contributed by atoms with van der Waals surface area (Å²) >= 11 is 0. The van der Waals surface area contributed by atoms with Gasteiger partial charge in [0.2, 0.25) is 0 Å². The Morgan fingerprint density at radius 2 is 2.00 bits per heavy atom. The molecule has 0 saturated heterocycles. The molecule has 1 aromatic carbocycles. The van der Waals surface area contributed by atoms with E-state index in [-0.39, 0.29) is 11.5 Å². The lowest BCUT2D eigenvalue weighted by atomic mass is 10.1. The highest BCUT2D eigenvalue weighted by atomic mass is 16.1. The average molecular weight is 309 g/mol. The summed E-state index contributed by atoms with van der Waals surface area (Å²) in [6, 6.07) is 8.68. The van der Waals surface area contributed by atoms with Gasteiger partial charge in [-0.05, 0) is 50.6 Å². The Morgan fingerprint density at radius 1 is 1.22 bits per heavy atom.